The van der Waals surface area contributed by atoms with Crippen LogP contribution in [0.3, 0.4) is 0 Å². The molecule has 0 radical (unpaired) electrons. The molecule has 0 bridgehead atoms. The molecular weight excluding hydrogens is 485 g/mol. The van der Waals surface area contributed by atoms with E-state index in [1.165, 1.54) is 10.7 Å². The SMILES string of the molecule is C=Cc1nc(-n2[nH]c(-c3ccc(C(F)(F)F)cn3)c(CCC3CCN(C(C)=O)CC3)c2=O)[nH]c1/C=C\C. The number of pyridine rings is 1. The van der Waals surface area contributed by atoms with Gasteiger partial charge in [0.25, 0.3) is 5.56 Å². The summed E-state index contributed by atoms with van der Waals surface area (Å²) in [6.07, 6.45) is 4.21. The highest BCUT2D eigenvalue weighted by Gasteiger charge is 2.31. The van der Waals surface area contributed by atoms with E-state index in [2.05, 4.69) is 26.6 Å². The Hall–Kier alpha value is -3.89. The highest BCUT2D eigenvalue weighted by molar-refractivity contribution is 5.73. The van der Waals surface area contributed by atoms with Gasteiger partial charge in [-0.3, -0.25) is 19.7 Å². The molecule has 1 saturated heterocycles. The van der Waals surface area contributed by atoms with Gasteiger partial charge in [0.1, 0.15) is 0 Å². The van der Waals surface area contributed by atoms with E-state index < -0.39 is 11.7 Å². The molecule has 0 atom stereocenters. The van der Waals surface area contributed by atoms with E-state index in [0.29, 0.717) is 54.5 Å². The number of allylic oxidation sites excluding steroid dienone is 1. The highest BCUT2D eigenvalue weighted by atomic mass is 19.4. The quantitative estimate of drug-likeness (QED) is 0.471. The number of carbonyl (C=O) groups is 1. The molecule has 4 rings (SSSR count). The molecule has 1 fully saturated rings. The summed E-state index contributed by atoms with van der Waals surface area (Å²) in [6, 6.07) is 2.21. The van der Waals surface area contributed by atoms with Crippen molar-refractivity contribution in [2.24, 2.45) is 5.92 Å². The predicted octanol–water partition coefficient (Wildman–Crippen LogP) is 4.84. The molecule has 0 saturated carbocycles. The Balaban J connectivity index is 1.69. The van der Waals surface area contributed by atoms with E-state index in [-0.39, 0.29) is 23.1 Å². The van der Waals surface area contributed by atoms with Gasteiger partial charge in [-0.05, 0) is 62.8 Å². The van der Waals surface area contributed by atoms with Crippen LogP contribution in [0.25, 0.3) is 29.5 Å². The third kappa shape index (κ3) is 5.60. The average Bonchev–Trinajstić information content (AvgIpc) is 3.43. The van der Waals surface area contributed by atoms with Crippen molar-refractivity contribution in [3.05, 3.63) is 63.9 Å². The lowest BCUT2D eigenvalue weighted by molar-refractivity contribution is -0.137. The van der Waals surface area contributed by atoms with Gasteiger partial charge >= 0.3 is 6.18 Å². The first-order chi connectivity index (χ1) is 17.6. The fraction of sp³-hybridized carbons (Fsp3) is 0.385. The Kier molecular flexibility index (Phi) is 7.51. The van der Waals surface area contributed by atoms with Gasteiger partial charge in [-0.25, -0.2) is 4.98 Å². The van der Waals surface area contributed by atoms with Crippen molar-refractivity contribution in [3.8, 4) is 17.3 Å². The van der Waals surface area contributed by atoms with E-state index in [0.717, 1.165) is 25.1 Å². The molecule has 4 heterocycles. The molecule has 3 aromatic heterocycles. The second-order valence-electron chi connectivity index (χ2n) is 9.09. The fourth-order valence-corrected chi connectivity index (χ4v) is 4.60. The molecule has 1 aliphatic rings. The molecule has 0 aliphatic carbocycles. The summed E-state index contributed by atoms with van der Waals surface area (Å²) in [5.74, 6) is 0.614. The molecule has 3 aromatic rings. The molecule has 8 nitrogen and oxygen atoms in total. The molecule has 1 amide bonds. The number of aromatic amines is 2. The normalized spacial score (nSPS) is 15.0. The number of rotatable bonds is 7. The Labute approximate surface area is 211 Å². The Morgan fingerprint density at radius 3 is 2.57 bits per heavy atom. The van der Waals surface area contributed by atoms with Gasteiger partial charge in [0.05, 0.1) is 28.3 Å². The van der Waals surface area contributed by atoms with E-state index in [9.17, 15) is 22.8 Å². The maximum atomic E-state index is 13.5. The van der Waals surface area contributed by atoms with E-state index in [1.807, 2.05) is 17.9 Å². The lowest BCUT2D eigenvalue weighted by Gasteiger charge is -2.31. The summed E-state index contributed by atoms with van der Waals surface area (Å²) in [6.45, 7) is 8.51. The van der Waals surface area contributed by atoms with Crippen molar-refractivity contribution in [1.29, 1.82) is 0 Å². The minimum Gasteiger partial charge on any atom is -0.343 e. The van der Waals surface area contributed by atoms with Gasteiger partial charge in [0, 0.05) is 31.8 Å². The maximum absolute atomic E-state index is 13.5. The minimum absolute atomic E-state index is 0.0530. The Morgan fingerprint density at radius 2 is 2.00 bits per heavy atom. The molecule has 0 unspecified atom stereocenters. The number of nitrogens with zero attached hydrogens (tertiary/aromatic N) is 4. The standard InChI is InChI=1S/C26H29F3N6O2/c1-4-6-21-20(5-2)31-25(32-21)35-24(37)19(9-7-17-11-13-34(14-12-17)16(3)36)23(33-35)22-10-8-18(15-30-22)26(27,28)29/h4-6,8,10,15,17,33H,2,7,9,11-14H2,1,3H3,(H,31,32)/b6-4-. The highest BCUT2D eigenvalue weighted by Crippen LogP contribution is 2.30. The molecule has 37 heavy (non-hydrogen) atoms. The van der Waals surface area contributed by atoms with E-state index in [4.69, 9.17) is 0 Å². The molecular formula is C26H29F3N6O2. The molecule has 0 aromatic carbocycles. The van der Waals surface area contributed by atoms with E-state index in [1.54, 1.807) is 19.1 Å². The third-order valence-corrected chi connectivity index (χ3v) is 6.68. The smallest absolute Gasteiger partial charge is 0.343 e. The van der Waals surface area contributed by atoms with Crippen LogP contribution in [-0.2, 0) is 17.4 Å². The molecule has 11 heteroatoms. The lowest BCUT2D eigenvalue weighted by Crippen LogP contribution is -2.37. The topological polar surface area (TPSA) is 99.7 Å². The van der Waals surface area contributed by atoms with Crippen molar-refractivity contribution in [2.45, 2.75) is 45.7 Å². The Bertz CT molecular complexity index is 1360. The number of piperidine rings is 1. The average molecular weight is 515 g/mol. The van der Waals surface area contributed by atoms with Crippen LogP contribution in [0.4, 0.5) is 13.2 Å². The summed E-state index contributed by atoms with van der Waals surface area (Å²) >= 11 is 0. The summed E-state index contributed by atoms with van der Waals surface area (Å²) in [7, 11) is 0. The fourth-order valence-electron chi connectivity index (χ4n) is 4.60. The zero-order valence-electron chi connectivity index (χ0n) is 20.7. The first-order valence-corrected chi connectivity index (χ1v) is 12.1. The number of hydrogen-bond donors (Lipinski definition) is 2. The van der Waals surface area contributed by atoms with Crippen LogP contribution in [0, 0.1) is 5.92 Å². The molecule has 1 aliphatic heterocycles. The van der Waals surface area contributed by atoms with Gasteiger partial charge in [-0.15, -0.1) is 0 Å². The number of amides is 1. The van der Waals surface area contributed by atoms with Crippen LogP contribution >= 0.6 is 0 Å². The zero-order chi connectivity index (χ0) is 26.7. The number of nitrogens with one attached hydrogen (secondary N) is 2. The maximum Gasteiger partial charge on any atom is 0.417 e. The summed E-state index contributed by atoms with van der Waals surface area (Å²) < 4.78 is 40.5. The Morgan fingerprint density at radius 1 is 1.27 bits per heavy atom. The number of H-pyrrole nitrogens is 2. The molecule has 2 N–H and O–H groups in total. The predicted molar refractivity (Wildman–Crippen MR) is 135 cm³/mol. The number of alkyl halides is 3. The second kappa shape index (κ2) is 10.6. The van der Waals surface area contributed by atoms with Crippen molar-refractivity contribution >= 4 is 18.1 Å². The first kappa shape index (κ1) is 26.2. The van der Waals surface area contributed by atoms with Gasteiger partial charge < -0.3 is 9.88 Å². The van der Waals surface area contributed by atoms with Crippen molar-refractivity contribution in [2.75, 3.05) is 13.1 Å². The largest absolute Gasteiger partial charge is 0.417 e. The van der Waals surface area contributed by atoms with Gasteiger partial charge in [-0.2, -0.15) is 17.9 Å². The number of aromatic nitrogens is 5. The number of likely N-dealkylation sites (tertiary alicyclic amines) is 1. The minimum atomic E-state index is -4.51. The molecule has 0 spiro atoms. The van der Waals surface area contributed by atoms with Crippen LogP contribution in [-0.4, -0.2) is 48.6 Å². The zero-order valence-corrected chi connectivity index (χ0v) is 20.7. The van der Waals surface area contributed by atoms with E-state index >= 15 is 0 Å². The van der Waals surface area contributed by atoms with Crippen LogP contribution in [0.2, 0.25) is 0 Å². The van der Waals surface area contributed by atoms with Gasteiger partial charge in [-0.1, -0.05) is 12.7 Å². The van der Waals surface area contributed by atoms with Crippen molar-refractivity contribution in [1.82, 2.24) is 29.6 Å². The van der Waals surface area contributed by atoms with Crippen molar-refractivity contribution in [3.63, 3.8) is 0 Å². The van der Waals surface area contributed by atoms with Gasteiger partial charge in [0.2, 0.25) is 11.9 Å². The third-order valence-electron chi connectivity index (χ3n) is 6.68. The number of hydrogen-bond acceptors (Lipinski definition) is 4. The first-order valence-electron chi connectivity index (χ1n) is 12.1. The van der Waals surface area contributed by atoms with Crippen LogP contribution in [0.15, 0.2) is 35.8 Å². The van der Waals surface area contributed by atoms with Crippen LogP contribution in [0.1, 0.15) is 55.6 Å². The monoisotopic (exact) mass is 514 g/mol. The van der Waals surface area contributed by atoms with Crippen molar-refractivity contribution < 1.29 is 18.0 Å². The summed E-state index contributed by atoms with van der Waals surface area (Å²) in [5.41, 5.74) is 1.01. The number of imidazole rings is 1. The van der Waals surface area contributed by atoms with Crippen LogP contribution < -0.4 is 5.56 Å². The van der Waals surface area contributed by atoms with Crippen LogP contribution in [0.5, 0.6) is 0 Å². The summed E-state index contributed by atoms with van der Waals surface area (Å²) in [4.78, 5) is 38.5. The lowest BCUT2D eigenvalue weighted by atomic mass is 9.90. The number of carbonyl (C=O) groups excluding carboxylic acids is 1. The molecule has 196 valence electrons. The number of halogens is 3. The summed E-state index contributed by atoms with van der Waals surface area (Å²) in [5, 5.41) is 3.01. The van der Waals surface area contributed by atoms with Gasteiger partial charge in [0.15, 0.2) is 0 Å². The second-order valence-corrected chi connectivity index (χ2v) is 9.09.